The molecular weight excluding hydrogens is 509 g/mol. The van der Waals surface area contributed by atoms with Crippen LogP contribution in [0.3, 0.4) is 0 Å². The Balaban J connectivity index is 1.54. The maximum Gasteiger partial charge on any atom is 0.247 e. The highest BCUT2D eigenvalue weighted by molar-refractivity contribution is 7.89. The van der Waals surface area contributed by atoms with Gasteiger partial charge in [0.15, 0.2) is 5.13 Å². The normalized spacial score (nSPS) is 16.5. The zero-order chi connectivity index (χ0) is 26.2. The summed E-state index contributed by atoms with van der Waals surface area (Å²) in [4.78, 5) is 20.6. The molecule has 1 aromatic heterocycles. The molecule has 1 unspecified atom stereocenters. The molecule has 0 N–H and O–H groups in total. The fourth-order valence-corrected chi connectivity index (χ4v) is 7.40. The molecule has 3 aromatic carbocycles. The third-order valence-electron chi connectivity index (χ3n) is 6.65. The molecule has 192 valence electrons. The van der Waals surface area contributed by atoms with Gasteiger partial charge in [-0.2, -0.15) is 4.31 Å². The van der Waals surface area contributed by atoms with Gasteiger partial charge in [-0.05, 0) is 60.2 Å². The second-order valence-corrected chi connectivity index (χ2v) is 12.4. The van der Waals surface area contributed by atoms with Crippen LogP contribution < -0.4 is 4.90 Å². The van der Waals surface area contributed by atoms with E-state index in [2.05, 4.69) is 13.8 Å². The fourth-order valence-electron chi connectivity index (χ4n) is 4.74. The summed E-state index contributed by atoms with van der Waals surface area (Å²) < 4.78 is 42.6. The minimum atomic E-state index is -3.98. The van der Waals surface area contributed by atoms with Crippen LogP contribution in [0.25, 0.3) is 10.2 Å². The summed E-state index contributed by atoms with van der Waals surface area (Å²) in [5, 5.41) is 0.544. The number of rotatable bonds is 7. The van der Waals surface area contributed by atoms with E-state index in [-0.39, 0.29) is 29.8 Å². The van der Waals surface area contributed by atoms with Gasteiger partial charge in [0, 0.05) is 6.54 Å². The number of sulfonamides is 1. The van der Waals surface area contributed by atoms with Gasteiger partial charge in [0.25, 0.3) is 0 Å². The number of nitrogens with zero attached hydrogens (tertiary/aromatic N) is 3. The minimum Gasteiger partial charge on any atom is -0.282 e. The van der Waals surface area contributed by atoms with E-state index >= 15 is 0 Å². The van der Waals surface area contributed by atoms with Gasteiger partial charge in [-0.1, -0.05) is 67.6 Å². The van der Waals surface area contributed by atoms with E-state index in [0.29, 0.717) is 18.0 Å². The molecule has 5 rings (SSSR count). The van der Waals surface area contributed by atoms with Crippen molar-refractivity contribution in [3.05, 3.63) is 89.7 Å². The predicted octanol–water partition coefficient (Wildman–Crippen LogP) is 5.95. The van der Waals surface area contributed by atoms with Gasteiger partial charge < -0.3 is 0 Å². The highest BCUT2D eigenvalue weighted by Crippen LogP contribution is 2.36. The number of fused-ring (bicyclic) bond motifs is 1. The molecule has 0 saturated carbocycles. The first-order chi connectivity index (χ1) is 17.8. The molecular formula is C28H28FN3O3S2. The first kappa shape index (κ1) is 25.5. The number of hydrogen-bond donors (Lipinski definition) is 0. The van der Waals surface area contributed by atoms with Gasteiger partial charge in [-0.15, -0.1) is 0 Å². The van der Waals surface area contributed by atoms with Crippen molar-refractivity contribution in [3.8, 4) is 0 Å². The first-order valence-corrected chi connectivity index (χ1v) is 14.5. The summed E-state index contributed by atoms with van der Waals surface area (Å²) in [6.45, 7) is 4.72. The second-order valence-electron chi connectivity index (χ2n) is 9.48. The molecule has 1 aliphatic heterocycles. The number of para-hydroxylation sites is 1. The molecule has 1 aliphatic rings. The Morgan fingerprint density at radius 2 is 1.81 bits per heavy atom. The lowest BCUT2D eigenvalue weighted by Gasteiger charge is -2.28. The van der Waals surface area contributed by atoms with Crippen LogP contribution in [0.2, 0.25) is 0 Å². The molecule has 4 aromatic rings. The van der Waals surface area contributed by atoms with E-state index in [9.17, 15) is 17.6 Å². The Morgan fingerprint density at radius 1 is 1.08 bits per heavy atom. The predicted molar refractivity (Wildman–Crippen MR) is 145 cm³/mol. The first-order valence-electron chi connectivity index (χ1n) is 12.3. The van der Waals surface area contributed by atoms with E-state index in [0.717, 1.165) is 33.5 Å². The molecule has 6 nitrogen and oxygen atoms in total. The number of thiazole rings is 1. The molecule has 1 atom stereocenters. The maximum atomic E-state index is 14.1. The van der Waals surface area contributed by atoms with Crippen molar-refractivity contribution in [2.75, 3.05) is 11.4 Å². The summed E-state index contributed by atoms with van der Waals surface area (Å²) in [6, 6.07) is 19.5. The number of carbonyl (C=O) groups excluding carboxylic acids is 1. The van der Waals surface area contributed by atoms with Gasteiger partial charge >= 0.3 is 0 Å². The van der Waals surface area contributed by atoms with Crippen LogP contribution in [-0.4, -0.2) is 36.2 Å². The summed E-state index contributed by atoms with van der Waals surface area (Å²) in [5.74, 6) is -0.557. The number of amides is 1. The van der Waals surface area contributed by atoms with Crippen molar-refractivity contribution in [3.63, 3.8) is 0 Å². The molecule has 37 heavy (non-hydrogen) atoms. The van der Waals surface area contributed by atoms with Crippen LogP contribution in [-0.2, 0) is 21.4 Å². The van der Waals surface area contributed by atoms with Crippen molar-refractivity contribution in [2.45, 2.75) is 50.1 Å². The molecule has 0 spiro atoms. The lowest BCUT2D eigenvalue weighted by molar-refractivity contribution is -0.121. The zero-order valence-corrected chi connectivity index (χ0v) is 22.3. The van der Waals surface area contributed by atoms with Gasteiger partial charge in [0.1, 0.15) is 11.9 Å². The van der Waals surface area contributed by atoms with Crippen LogP contribution in [0.5, 0.6) is 0 Å². The van der Waals surface area contributed by atoms with E-state index in [1.807, 2.05) is 48.5 Å². The van der Waals surface area contributed by atoms with Crippen molar-refractivity contribution < 1.29 is 17.6 Å². The fraction of sp³-hybridized carbons (Fsp3) is 0.286. The van der Waals surface area contributed by atoms with Crippen molar-refractivity contribution in [2.24, 2.45) is 0 Å². The van der Waals surface area contributed by atoms with E-state index in [4.69, 9.17) is 4.98 Å². The average Bonchev–Trinajstić information content (AvgIpc) is 3.55. The van der Waals surface area contributed by atoms with Crippen LogP contribution in [0, 0.1) is 5.82 Å². The van der Waals surface area contributed by atoms with E-state index in [1.165, 1.54) is 27.8 Å². The summed E-state index contributed by atoms with van der Waals surface area (Å²) in [6.07, 6.45) is 0.972. The number of anilines is 1. The number of carbonyl (C=O) groups is 1. The molecule has 9 heteroatoms. The van der Waals surface area contributed by atoms with Crippen LogP contribution in [0.15, 0.2) is 77.7 Å². The van der Waals surface area contributed by atoms with Crippen LogP contribution in [0.4, 0.5) is 9.52 Å². The van der Waals surface area contributed by atoms with E-state index in [1.54, 1.807) is 4.90 Å². The molecule has 0 bridgehead atoms. The highest BCUT2D eigenvalue weighted by Gasteiger charge is 2.42. The Bertz CT molecular complexity index is 1520. The highest BCUT2D eigenvalue weighted by atomic mass is 32.2. The quantitative estimate of drug-likeness (QED) is 0.292. The molecule has 1 fully saturated rings. The Kier molecular flexibility index (Phi) is 7.11. The van der Waals surface area contributed by atoms with Crippen molar-refractivity contribution >= 4 is 42.6 Å². The number of benzene rings is 3. The lowest BCUT2D eigenvalue weighted by atomic mass is 10.0. The zero-order valence-electron chi connectivity index (χ0n) is 20.7. The maximum absolute atomic E-state index is 14.1. The molecule has 1 saturated heterocycles. The topological polar surface area (TPSA) is 70.6 Å². The molecule has 2 heterocycles. The van der Waals surface area contributed by atoms with Crippen LogP contribution >= 0.6 is 11.3 Å². The standard InChI is InChI=1S/C28H28FN3O3S2/c1-19(2)23-10-6-12-25-26(23)30-28(36-25)31(18-20-8-4-3-5-9-20)27(33)24-11-7-17-32(24)37(34,35)22-15-13-21(29)14-16-22/h3-6,8-10,12-16,19,24H,7,11,17-18H2,1-2H3. The lowest BCUT2D eigenvalue weighted by Crippen LogP contribution is -2.47. The molecule has 0 radical (unpaired) electrons. The van der Waals surface area contributed by atoms with Gasteiger partial charge in [-0.3, -0.25) is 9.69 Å². The van der Waals surface area contributed by atoms with E-state index < -0.39 is 21.9 Å². The third kappa shape index (κ3) is 5.03. The minimum absolute atomic E-state index is 0.0234. The van der Waals surface area contributed by atoms with Crippen molar-refractivity contribution in [1.29, 1.82) is 0 Å². The van der Waals surface area contributed by atoms with Gasteiger partial charge in [0.2, 0.25) is 15.9 Å². The van der Waals surface area contributed by atoms with Crippen molar-refractivity contribution in [1.82, 2.24) is 9.29 Å². The van der Waals surface area contributed by atoms with Gasteiger partial charge in [-0.25, -0.2) is 17.8 Å². The Morgan fingerprint density at radius 3 is 2.51 bits per heavy atom. The number of hydrogen-bond acceptors (Lipinski definition) is 5. The molecule has 0 aliphatic carbocycles. The summed E-state index contributed by atoms with van der Waals surface area (Å²) >= 11 is 1.43. The third-order valence-corrected chi connectivity index (χ3v) is 9.62. The Labute approximate surface area is 220 Å². The largest absolute Gasteiger partial charge is 0.282 e. The summed E-state index contributed by atoms with van der Waals surface area (Å²) in [7, 11) is -3.98. The SMILES string of the molecule is CC(C)c1cccc2sc(N(Cc3ccccc3)C(=O)C3CCCN3S(=O)(=O)c3ccc(F)cc3)nc12. The van der Waals surface area contributed by atoms with Crippen LogP contribution in [0.1, 0.15) is 43.7 Å². The second kappa shape index (κ2) is 10.3. The number of aromatic nitrogens is 1. The Hall–Kier alpha value is -3.14. The monoisotopic (exact) mass is 537 g/mol. The van der Waals surface area contributed by atoms with Gasteiger partial charge in [0.05, 0.1) is 21.7 Å². The number of halogens is 1. The molecule has 1 amide bonds. The average molecular weight is 538 g/mol. The summed E-state index contributed by atoms with van der Waals surface area (Å²) in [5.41, 5.74) is 2.89. The smallest absolute Gasteiger partial charge is 0.247 e.